The van der Waals surface area contributed by atoms with E-state index in [0.29, 0.717) is 30.8 Å². The summed E-state index contributed by atoms with van der Waals surface area (Å²) in [5, 5.41) is 2.59. The first-order valence-electron chi connectivity index (χ1n) is 9.32. The Balaban J connectivity index is 1.46. The minimum Gasteiger partial charge on any atom is -0.496 e. The van der Waals surface area contributed by atoms with E-state index < -0.39 is 9.84 Å². The van der Waals surface area contributed by atoms with Gasteiger partial charge in [-0.3, -0.25) is 0 Å². The molecule has 3 aromatic rings. The number of nitrogens with zero attached hydrogens (tertiary/aromatic N) is 2. The summed E-state index contributed by atoms with van der Waals surface area (Å²) in [6, 6.07) is 14.7. The van der Waals surface area contributed by atoms with Crippen LogP contribution in [0.4, 0.5) is 5.13 Å². The lowest BCUT2D eigenvalue weighted by Gasteiger charge is -2.31. The summed E-state index contributed by atoms with van der Waals surface area (Å²) in [7, 11) is -1.66. The third kappa shape index (κ3) is 4.20. The van der Waals surface area contributed by atoms with Gasteiger partial charge in [0.05, 0.1) is 22.9 Å². The van der Waals surface area contributed by atoms with Crippen molar-refractivity contribution in [2.45, 2.75) is 23.0 Å². The number of thiazole rings is 1. The number of aromatic nitrogens is 1. The number of benzene rings is 2. The number of hydrogen-bond donors (Lipinski definition) is 0. The molecule has 0 bridgehead atoms. The first-order chi connectivity index (χ1) is 14.0. The van der Waals surface area contributed by atoms with Crippen molar-refractivity contribution in [3.8, 4) is 17.0 Å². The Labute approximate surface area is 183 Å². The number of rotatable bonds is 5. The summed E-state index contributed by atoms with van der Waals surface area (Å²) < 4.78 is 32.2. The van der Waals surface area contributed by atoms with Gasteiger partial charge in [-0.15, -0.1) is 11.3 Å². The molecule has 152 valence electrons. The molecule has 8 heteroatoms. The number of halogens is 1. The fraction of sp³-hybridized carbons (Fsp3) is 0.286. The Kier molecular flexibility index (Phi) is 5.94. The van der Waals surface area contributed by atoms with E-state index in [1.165, 1.54) is 0 Å². The van der Waals surface area contributed by atoms with Crippen LogP contribution < -0.4 is 9.64 Å². The zero-order valence-corrected chi connectivity index (χ0v) is 19.1. The molecule has 0 radical (unpaired) electrons. The van der Waals surface area contributed by atoms with E-state index in [4.69, 9.17) is 9.72 Å². The van der Waals surface area contributed by atoms with E-state index >= 15 is 0 Å². The highest BCUT2D eigenvalue weighted by molar-refractivity contribution is 9.10. The zero-order valence-electron chi connectivity index (χ0n) is 15.9. The van der Waals surface area contributed by atoms with Gasteiger partial charge in [-0.05, 0) is 49.2 Å². The molecule has 0 spiro atoms. The molecule has 4 rings (SSSR count). The summed E-state index contributed by atoms with van der Waals surface area (Å²) in [6.07, 6.45) is 1.20. The topological polar surface area (TPSA) is 59.5 Å². The predicted octanol–water partition coefficient (Wildman–Crippen LogP) is 5.02. The van der Waals surface area contributed by atoms with Gasteiger partial charge in [0.1, 0.15) is 5.75 Å². The van der Waals surface area contributed by atoms with Crippen LogP contribution in [0.2, 0.25) is 0 Å². The van der Waals surface area contributed by atoms with Gasteiger partial charge in [-0.1, -0.05) is 28.1 Å². The largest absolute Gasteiger partial charge is 0.496 e. The molecule has 1 saturated heterocycles. The molecule has 0 aliphatic carbocycles. The van der Waals surface area contributed by atoms with Crippen LogP contribution in [0, 0.1) is 0 Å². The van der Waals surface area contributed by atoms with Crippen molar-refractivity contribution in [1.82, 2.24) is 4.98 Å². The fourth-order valence-corrected chi connectivity index (χ4v) is 6.44. The lowest BCUT2D eigenvalue weighted by molar-refractivity contribution is 0.416. The molecule has 1 aromatic heterocycles. The van der Waals surface area contributed by atoms with Gasteiger partial charge >= 0.3 is 0 Å². The Hall–Kier alpha value is -1.90. The van der Waals surface area contributed by atoms with Crippen LogP contribution in [0.25, 0.3) is 11.3 Å². The number of sulfone groups is 1. The molecule has 1 fully saturated rings. The summed E-state index contributed by atoms with van der Waals surface area (Å²) in [5.74, 6) is 0.795. The van der Waals surface area contributed by atoms with Crippen molar-refractivity contribution in [3.05, 3.63) is 58.4 Å². The summed E-state index contributed by atoms with van der Waals surface area (Å²) in [6.45, 7) is 1.36. The van der Waals surface area contributed by atoms with Gasteiger partial charge in [0.15, 0.2) is 15.0 Å². The first kappa shape index (κ1) is 20.4. The van der Waals surface area contributed by atoms with E-state index in [1.807, 2.05) is 29.6 Å². The van der Waals surface area contributed by atoms with Crippen LogP contribution in [-0.2, 0) is 9.84 Å². The van der Waals surface area contributed by atoms with Gasteiger partial charge in [0, 0.05) is 28.5 Å². The van der Waals surface area contributed by atoms with Gasteiger partial charge in [-0.25, -0.2) is 13.4 Å². The molecule has 2 heterocycles. The van der Waals surface area contributed by atoms with Crippen LogP contribution in [0.3, 0.4) is 0 Å². The van der Waals surface area contributed by atoms with Gasteiger partial charge < -0.3 is 9.64 Å². The normalized spacial score (nSPS) is 15.4. The number of hydrogen-bond acceptors (Lipinski definition) is 6. The molecular weight excluding hydrogens is 472 g/mol. The predicted molar refractivity (Wildman–Crippen MR) is 121 cm³/mol. The minimum atomic E-state index is -3.31. The average Bonchev–Trinajstić information content (AvgIpc) is 3.24. The van der Waals surface area contributed by atoms with E-state index in [2.05, 4.69) is 20.8 Å². The van der Waals surface area contributed by atoms with E-state index in [9.17, 15) is 8.42 Å². The molecule has 2 aromatic carbocycles. The van der Waals surface area contributed by atoms with Crippen molar-refractivity contribution in [3.63, 3.8) is 0 Å². The highest BCUT2D eigenvalue weighted by Crippen LogP contribution is 2.35. The molecule has 0 N–H and O–H groups in total. The second-order valence-corrected chi connectivity index (χ2v) is 10.9. The Morgan fingerprint density at radius 1 is 1.10 bits per heavy atom. The summed E-state index contributed by atoms with van der Waals surface area (Å²) in [5.41, 5.74) is 1.84. The smallest absolute Gasteiger partial charge is 0.185 e. The molecule has 0 saturated carbocycles. The van der Waals surface area contributed by atoms with E-state index in [-0.39, 0.29) is 5.25 Å². The van der Waals surface area contributed by atoms with Gasteiger partial charge in [0.2, 0.25) is 0 Å². The van der Waals surface area contributed by atoms with Gasteiger partial charge in [-0.2, -0.15) is 0 Å². The standard InChI is InChI=1S/C21H21BrN2O3S2/c1-27-20-5-3-2-4-18(20)19-14-28-21(23-19)24-12-10-17(11-13-24)29(25,26)16-8-6-15(22)7-9-16/h2-9,14,17H,10-13H2,1H3. The second kappa shape index (κ2) is 8.45. The lowest BCUT2D eigenvalue weighted by Crippen LogP contribution is -2.39. The average molecular weight is 493 g/mol. The summed E-state index contributed by atoms with van der Waals surface area (Å²) in [4.78, 5) is 7.35. The Morgan fingerprint density at radius 2 is 1.79 bits per heavy atom. The van der Waals surface area contributed by atoms with Crippen molar-refractivity contribution in [2.75, 3.05) is 25.1 Å². The second-order valence-electron chi connectivity index (χ2n) is 6.90. The SMILES string of the molecule is COc1ccccc1-c1csc(N2CCC(S(=O)(=O)c3ccc(Br)cc3)CC2)n1. The van der Waals surface area contributed by atoms with Crippen molar-refractivity contribution >= 4 is 42.2 Å². The quantitative estimate of drug-likeness (QED) is 0.500. The minimum absolute atomic E-state index is 0.353. The van der Waals surface area contributed by atoms with Crippen molar-refractivity contribution in [2.24, 2.45) is 0 Å². The summed E-state index contributed by atoms with van der Waals surface area (Å²) >= 11 is 4.94. The first-order valence-corrected chi connectivity index (χ1v) is 12.5. The number of para-hydroxylation sites is 1. The van der Waals surface area contributed by atoms with Crippen LogP contribution in [0.15, 0.2) is 63.3 Å². The Bertz CT molecular complexity index is 1090. The lowest BCUT2D eigenvalue weighted by atomic mass is 10.1. The third-order valence-corrected chi connectivity index (χ3v) is 8.88. The maximum Gasteiger partial charge on any atom is 0.185 e. The fourth-order valence-electron chi connectivity index (χ4n) is 3.56. The molecule has 5 nitrogen and oxygen atoms in total. The van der Waals surface area contributed by atoms with Gasteiger partial charge in [0.25, 0.3) is 0 Å². The van der Waals surface area contributed by atoms with E-state index in [0.717, 1.165) is 26.6 Å². The maximum atomic E-state index is 12.9. The van der Waals surface area contributed by atoms with E-state index in [1.54, 1.807) is 42.7 Å². The molecule has 0 amide bonds. The van der Waals surface area contributed by atoms with Crippen LogP contribution >= 0.6 is 27.3 Å². The van der Waals surface area contributed by atoms with Crippen molar-refractivity contribution in [1.29, 1.82) is 0 Å². The zero-order chi connectivity index (χ0) is 20.4. The molecule has 0 atom stereocenters. The molecule has 0 unspecified atom stereocenters. The van der Waals surface area contributed by atoms with Crippen LogP contribution in [0.5, 0.6) is 5.75 Å². The maximum absolute atomic E-state index is 12.9. The monoisotopic (exact) mass is 492 g/mol. The van der Waals surface area contributed by atoms with Crippen molar-refractivity contribution < 1.29 is 13.2 Å². The highest BCUT2D eigenvalue weighted by atomic mass is 79.9. The molecule has 1 aliphatic rings. The number of anilines is 1. The number of methoxy groups -OCH3 is 1. The third-order valence-electron chi connectivity index (χ3n) is 5.17. The molecular formula is C21H21BrN2O3S2. The van der Waals surface area contributed by atoms with Crippen LogP contribution in [0.1, 0.15) is 12.8 Å². The Morgan fingerprint density at radius 3 is 2.48 bits per heavy atom. The molecule has 1 aliphatic heterocycles. The number of piperidine rings is 1. The number of ether oxygens (including phenoxy) is 1. The highest BCUT2D eigenvalue weighted by Gasteiger charge is 2.32. The molecule has 29 heavy (non-hydrogen) atoms. The van der Waals surface area contributed by atoms with Crippen LogP contribution in [-0.4, -0.2) is 38.9 Å².